The molecule has 37 heavy (non-hydrogen) atoms. The first-order chi connectivity index (χ1) is 17.5. The van der Waals surface area contributed by atoms with E-state index in [1.807, 2.05) is 64.1 Å². The molecular formula is C28H41N3O5S. The number of amides is 2. The van der Waals surface area contributed by atoms with Crippen LogP contribution in [-0.2, 0) is 32.6 Å². The summed E-state index contributed by atoms with van der Waals surface area (Å²) in [6.07, 6.45) is 2.90. The zero-order valence-electron chi connectivity index (χ0n) is 22.9. The van der Waals surface area contributed by atoms with E-state index in [4.69, 9.17) is 4.74 Å². The third-order valence-electron chi connectivity index (χ3n) is 6.09. The Labute approximate surface area is 222 Å². The predicted molar refractivity (Wildman–Crippen MR) is 148 cm³/mol. The maximum atomic E-state index is 13.5. The molecule has 2 aromatic carbocycles. The van der Waals surface area contributed by atoms with Gasteiger partial charge in [-0.25, -0.2) is 8.42 Å². The lowest BCUT2D eigenvalue weighted by Gasteiger charge is -2.31. The summed E-state index contributed by atoms with van der Waals surface area (Å²) in [5, 5.41) is 2.92. The lowest BCUT2D eigenvalue weighted by atomic mass is 10.1. The Morgan fingerprint density at radius 1 is 1.03 bits per heavy atom. The fourth-order valence-corrected chi connectivity index (χ4v) is 5.13. The van der Waals surface area contributed by atoms with Gasteiger partial charge in [-0.1, -0.05) is 38.1 Å². The van der Waals surface area contributed by atoms with E-state index in [0.29, 0.717) is 24.3 Å². The fourth-order valence-electron chi connectivity index (χ4n) is 4.17. The molecule has 0 aliphatic carbocycles. The SMILES string of the molecule is CCc1ccc(N(CCCC(=O)N(Cc2cccc(OC)c2)[C@H](CC)C(=O)NC(C)C)S(C)(=O)=O)cc1. The molecular weight excluding hydrogens is 490 g/mol. The van der Waals surface area contributed by atoms with Gasteiger partial charge in [-0.2, -0.15) is 0 Å². The number of nitrogens with zero attached hydrogens (tertiary/aromatic N) is 2. The van der Waals surface area contributed by atoms with E-state index in [2.05, 4.69) is 5.32 Å². The van der Waals surface area contributed by atoms with Crippen LogP contribution in [0.25, 0.3) is 0 Å². The Kier molecular flexibility index (Phi) is 11.4. The van der Waals surface area contributed by atoms with Gasteiger partial charge in [0.25, 0.3) is 0 Å². The molecule has 0 saturated heterocycles. The molecule has 9 heteroatoms. The summed E-state index contributed by atoms with van der Waals surface area (Å²) in [7, 11) is -1.95. The van der Waals surface area contributed by atoms with Crippen LogP contribution < -0.4 is 14.4 Å². The van der Waals surface area contributed by atoms with Crippen LogP contribution in [0.1, 0.15) is 58.1 Å². The minimum atomic E-state index is -3.53. The van der Waals surface area contributed by atoms with Gasteiger partial charge in [-0.3, -0.25) is 13.9 Å². The molecule has 0 radical (unpaired) electrons. The quantitative estimate of drug-likeness (QED) is 0.395. The van der Waals surface area contributed by atoms with E-state index >= 15 is 0 Å². The monoisotopic (exact) mass is 531 g/mol. The highest BCUT2D eigenvalue weighted by molar-refractivity contribution is 7.92. The molecule has 1 N–H and O–H groups in total. The first kappa shape index (κ1) is 30.2. The van der Waals surface area contributed by atoms with Crippen molar-refractivity contribution in [2.75, 3.05) is 24.2 Å². The minimum absolute atomic E-state index is 0.0577. The second-order valence-corrected chi connectivity index (χ2v) is 11.3. The molecule has 8 nitrogen and oxygen atoms in total. The van der Waals surface area contributed by atoms with Crippen molar-refractivity contribution in [1.29, 1.82) is 0 Å². The lowest BCUT2D eigenvalue weighted by molar-refractivity contribution is -0.141. The van der Waals surface area contributed by atoms with Gasteiger partial charge in [0.15, 0.2) is 0 Å². The number of carbonyl (C=O) groups excluding carboxylic acids is 2. The van der Waals surface area contributed by atoms with Gasteiger partial charge in [-0.05, 0) is 68.5 Å². The number of rotatable bonds is 14. The number of carbonyl (C=O) groups is 2. The number of benzene rings is 2. The molecule has 0 heterocycles. The van der Waals surface area contributed by atoms with Gasteiger partial charge >= 0.3 is 0 Å². The Morgan fingerprint density at radius 2 is 1.70 bits per heavy atom. The Morgan fingerprint density at radius 3 is 2.24 bits per heavy atom. The maximum absolute atomic E-state index is 13.5. The molecule has 0 aliphatic heterocycles. The van der Waals surface area contributed by atoms with Gasteiger partial charge in [0.2, 0.25) is 21.8 Å². The first-order valence-corrected chi connectivity index (χ1v) is 14.6. The van der Waals surface area contributed by atoms with Gasteiger partial charge in [-0.15, -0.1) is 0 Å². The lowest BCUT2D eigenvalue weighted by Crippen LogP contribution is -2.50. The Balaban J connectivity index is 2.23. The summed E-state index contributed by atoms with van der Waals surface area (Å²) in [6.45, 7) is 8.09. The summed E-state index contributed by atoms with van der Waals surface area (Å²) in [4.78, 5) is 28.1. The standard InChI is InChI=1S/C28H41N3O5S/c1-7-22-14-16-24(17-15-22)31(37(6,34)35)18-10-13-27(32)30(26(8-2)28(33)29-21(3)4)20-23-11-9-12-25(19-23)36-5/h9,11-12,14-17,19,21,26H,7-8,10,13,18,20H2,1-6H3,(H,29,33)/t26-/m1/s1. The molecule has 0 unspecified atom stereocenters. The van der Waals surface area contributed by atoms with E-state index in [9.17, 15) is 18.0 Å². The molecule has 0 fully saturated rings. The number of hydrogen-bond donors (Lipinski definition) is 1. The predicted octanol–water partition coefficient (Wildman–Crippen LogP) is 4.14. The molecule has 2 rings (SSSR count). The zero-order valence-corrected chi connectivity index (χ0v) is 23.7. The smallest absolute Gasteiger partial charge is 0.243 e. The summed E-state index contributed by atoms with van der Waals surface area (Å²) < 4.78 is 31.7. The summed E-state index contributed by atoms with van der Waals surface area (Å²) in [5.74, 6) is 0.258. The second-order valence-electron chi connectivity index (χ2n) is 9.42. The average Bonchev–Trinajstić information content (AvgIpc) is 2.85. The third-order valence-corrected chi connectivity index (χ3v) is 7.28. The van der Waals surface area contributed by atoms with E-state index in [1.165, 1.54) is 10.6 Å². The van der Waals surface area contributed by atoms with Crippen LogP contribution in [0.5, 0.6) is 5.75 Å². The maximum Gasteiger partial charge on any atom is 0.243 e. The van der Waals surface area contributed by atoms with Crippen molar-refractivity contribution in [3.8, 4) is 5.75 Å². The molecule has 0 aromatic heterocycles. The van der Waals surface area contributed by atoms with E-state index in [0.717, 1.165) is 17.5 Å². The number of methoxy groups -OCH3 is 1. The highest BCUT2D eigenvalue weighted by atomic mass is 32.2. The van der Waals surface area contributed by atoms with Crippen LogP contribution in [0.2, 0.25) is 0 Å². The number of ether oxygens (including phenoxy) is 1. The first-order valence-electron chi connectivity index (χ1n) is 12.8. The average molecular weight is 532 g/mol. The van der Waals surface area contributed by atoms with Gasteiger partial charge in [0, 0.05) is 25.6 Å². The number of aryl methyl sites for hydroxylation is 1. The highest BCUT2D eigenvalue weighted by Gasteiger charge is 2.29. The van der Waals surface area contributed by atoms with Crippen LogP contribution in [0, 0.1) is 0 Å². The molecule has 2 aromatic rings. The van der Waals surface area contributed by atoms with Gasteiger partial charge in [0.1, 0.15) is 11.8 Å². The summed E-state index contributed by atoms with van der Waals surface area (Å²) >= 11 is 0. The Bertz CT molecular complexity index is 1130. The molecule has 0 saturated carbocycles. The minimum Gasteiger partial charge on any atom is -0.497 e. The number of nitrogens with one attached hydrogen (secondary N) is 1. The van der Waals surface area contributed by atoms with Crippen molar-refractivity contribution >= 4 is 27.5 Å². The summed E-state index contributed by atoms with van der Waals surface area (Å²) in [6, 6.07) is 14.1. The van der Waals surface area contributed by atoms with Gasteiger partial charge in [0.05, 0.1) is 19.1 Å². The summed E-state index contributed by atoms with van der Waals surface area (Å²) in [5.41, 5.74) is 2.53. The molecule has 0 spiro atoms. The zero-order chi connectivity index (χ0) is 27.6. The molecule has 1 atom stereocenters. The van der Waals surface area contributed by atoms with E-state index in [1.54, 1.807) is 24.1 Å². The van der Waals surface area contributed by atoms with Crippen molar-refractivity contribution in [1.82, 2.24) is 10.2 Å². The molecule has 204 valence electrons. The van der Waals surface area contributed by atoms with E-state index in [-0.39, 0.29) is 37.4 Å². The number of sulfonamides is 1. The normalized spacial score (nSPS) is 12.2. The van der Waals surface area contributed by atoms with Crippen molar-refractivity contribution in [2.24, 2.45) is 0 Å². The van der Waals surface area contributed by atoms with Crippen molar-refractivity contribution in [2.45, 2.75) is 72.0 Å². The topological polar surface area (TPSA) is 96.0 Å². The van der Waals surface area contributed by atoms with Crippen LogP contribution in [0.15, 0.2) is 48.5 Å². The van der Waals surface area contributed by atoms with Crippen molar-refractivity contribution in [3.63, 3.8) is 0 Å². The fraction of sp³-hybridized carbons (Fsp3) is 0.500. The third kappa shape index (κ3) is 9.07. The molecule has 0 bridgehead atoms. The van der Waals surface area contributed by atoms with Crippen molar-refractivity contribution in [3.05, 3.63) is 59.7 Å². The Hall–Kier alpha value is -3.07. The highest BCUT2D eigenvalue weighted by Crippen LogP contribution is 2.21. The van der Waals surface area contributed by atoms with Crippen LogP contribution in [-0.4, -0.2) is 57.1 Å². The van der Waals surface area contributed by atoms with Crippen molar-refractivity contribution < 1.29 is 22.7 Å². The molecule has 0 aliphatic rings. The van der Waals surface area contributed by atoms with Crippen LogP contribution in [0.4, 0.5) is 5.69 Å². The second kappa shape index (κ2) is 14.0. The molecule has 2 amide bonds. The van der Waals surface area contributed by atoms with Gasteiger partial charge < -0.3 is 15.0 Å². The largest absolute Gasteiger partial charge is 0.497 e. The van der Waals surface area contributed by atoms with Crippen LogP contribution >= 0.6 is 0 Å². The van der Waals surface area contributed by atoms with Crippen LogP contribution in [0.3, 0.4) is 0 Å². The number of hydrogen-bond acceptors (Lipinski definition) is 5. The van der Waals surface area contributed by atoms with E-state index < -0.39 is 16.1 Å². The number of anilines is 1.